The monoisotopic (exact) mass is 377 g/mol. The number of carbonyl (C=O) groups is 2. The predicted molar refractivity (Wildman–Crippen MR) is 95.8 cm³/mol. The molecule has 0 saturated carbocycles. The predicted octanol–water partition coefficient (Wildman–Crippen LogP) is 3.45. The van der Waals surface area contributed by atoms with Crippen molar-refractivity contribution in [3.05, 3.63) is 53.0 Å². The van der Waals surface area contributed by atoms with Gasteiger partial charge >= 0.3 is 0 Å². The maximum atomic E-state index is 15.0. The molecule has 1 aliphatic rings. The highest BCUT2D eigenvalue weighted by Gasteiger charge is 2.28. The van der Waals surface area contributed by atoms with E-state index in [4.69, 9.17) is 5.73 Å². The van der Waals surface area contributed by atoms with Gasteiger partial charge in [-0.25, -0.2) is 13.2 Å². The molecule has 2 amide bonds. The van der Waals surface area contributed by atoms with Crippen LogP contribution in [0.2, 0.25) is 0 Å². The lowest BCUT2D eigenvalue weighted by Crippen LogP contribution is -2.34. The summed E-state index contributed by atoms with van der Waals surface area (Å²) in [5.74, 6) is -2.09. The van der Waals surface area contributed by atoms with Crippen molar-refractivity contribution >= 4 is 28.3 Å². The highest BCUT2D eigenvalue weighted by Crippen LogP contribution is 2.39. The zero-order chi connectivity index (χ0) is 19.9. The number of alkyl halides is 2. The minimum atomic E-state index is -2.88. The number of aromatic nitrogens is 1. The quantitative estimate of drug-likeness (QED) is 0.801. The van der Waals surface area contributed by atoms with Crippen molar-refractivity contribution in [2.24, 2.45) is 5.73 Å². The van der Waals surface area contributed by atoms with E-state index in [9.17, 15) is 22.8 Å². The number of amides is 2. The molecule has 27 heavy (non-hydrogen) atoms. The molecule has 1 aromatic heterocycles. The molecule has 8 heteroatoms. The van der Waals surface area contributed by atoms with Crippen LogP contribution >= 0.6 is 0 Å². The molecule has 2 aromatic rings. The summed E-state index contributed by atoms with van der Waals surface area (Å²) in [6.45, 7) is 5.34. The van der Waals surface area contributed by atoms with Crippen LogP contribution < -0.4 is 5.73 Å². The fraction of sp³-hybridized carbons (Fsp3) is 0.263. The van der Waals surface area contributed by atoms with Gasteiger partial charge in [0.15, 0.2) is 0 Å². The minimum Gasteiger partial charge on any atom is -0.366 e. The van der Waals surface area contributed by atoms with Gasteiger partial charge in [0.05, 0.1) is 11.1 Å². The number of halogens is 3. The molecule has 1 aromatic carbocycles. The van der Waals surface area contributed by atoms with E-state index in [1.54, 1.807) is 6.08 Å². The number of rotatable bonds is 4. The average Bonchev–Trinajstić information content (AvgIpc) is 2.96. The summed E-state index contributed by atoms with van der Waals surface area (Å²) in [5, 5.41) is -0.0737. The first-order chi connectivity index (χ1) is 12.8. The van der Waals surface area contributed by atoms with Crippen LogP contribution in [0.1, 0.15) is 40.0 Å². The summed E-state index contributed by atoms with van der Waals surface area (Å²) >= 11 is 0. The largest absolute Gasteiger partial charge is 0.366 e. The SMILES string of the molecule is C=CC(=O)N1CCC=C(c2c(F)cc(C(N)=O)c3[nH]c(C)c(C(F)F)c23)C1. The molecule has 0 radical (unpaired) electrons. The van der Waals surface area contributed by atoms with Crippen LogP contribution in [0.15, 0.2) is 24.8 Å². The normalized spacial score (nSPS) is 14.6. The van der Waals surface area contributed by atoms with Crippen LogP contribution in [0.4, 0.5) is 13.2 Å². The molecular weight excluding hydrogens is 359 g/mol. The Hall–Kier alpha value is -3.03. The van der Waals surface area contributed by atoms with Crippen LogP contribution in [-0.2, 0) is 4.79 Å². The third-order valence-electron chi connectivity index (χ3n) is 4.71. The van der Waals surface area contributed by atoms with Gasteiger partial charge < -0.3 is 15.6 Å². The number of carbonyl (C=O) groups excluding carboxylic acids is 2. The highest BCUT2D eigenvalue weighted by atomic mass is 19.3. The molecule has 0 unspecified atom stereocenters. The first kappa shape index (κ1) is 18.8. The van der Waals surface area contributed by atoms with Crippen LogP contribution in [0.3, 0.4) is 0 Å². The van der Waals surface area contributed by atoms with Gasteiger partial charge in [0.2, 0.25) is 5.91 Å². The fourth-order valence-electron chi connectivity index (χ4n) is 3.51. The summed E-state index contributed by atoms with van der Waals surface area (Å²) in [5.41, 5.74) is 5.28. The van der Waals surface area contributed by atoms with Crippen LogP contribution in [0, 0.1) is 12.7 Å². The number of fused-ring (bicyclic) bond motifs is 1. The Labute approximate surface area is 153 Å². The number of nitrogens with two attached hydrogens (primary N) is 1. The molecule has 0 aliphatic carbocycles. The molecular formula is C19H18F3N3O2. The molecule has 5 nitrogen and oxygen atoms in total. The van der Waals surface area contributed by atoms with Gasteiger partial charge in [-0.1, -0.05) is 12.7 Å². The van der Waals surface area contributed by atoms with Crippen LogP contribution in [0.5, 0.6) is 0 Å². The van der Waals surface area contributed by atoms with E-state index < -0.39 is 18.1 Å². The van der Waals surface area contributed by atoms with Crippen molar-refractivity contribution in [2.75, 3.05) is 13.1 Å². The van der Waals surface area contributed by atoms with Gasteiger partial charge in [0.25, 0.3) is 12.3 Å². The van der Waals surface area contributed by atoms with Gasteiger partial charge in [-0.3, -0.25) is 9.59 Å². The van der Waals surface area contributed by atoms with Crippen LogP contribution in [-0.4, -0.2) is 34.8 Å². The molecule has 3 N–H and O–H groups in total. The van der Waals surface area contributed by atoms with Crippen molar-refractivity contribution in [1.82, 2.24) is 9.88 Å². The van der Waals surface area contributed by atoms with Crippen molar-refractivity contribution in [3.63, 3.8) is 0 Å². The Morgan fingerprint density at radius 2 is 2.11 bits per heavy atom. The summed E-state index contributed by atoms with van der Waals surface area (Å²) < 4.78 is 42.4. The van der Waals surface area contributed by atoms with E-state index in [0.29, 0.717) is 18.5 Å². The fourth-order valence-corrected chi connectivity index (χ4v) is 3.51. The molecule has 0 atom stereocenters. The summed E-state index contributed by atoms with van der Waals surface area (Å²) in [6.07, 6.45) is 0.429. The Bertz CT molecular complexity index is 992. The smallest absolute Gasteiger partial charge is 0.266 e. The molecule has 2 heterocycles. The average molecular weight is 377 g/mol. The zero-order valence-corrected chi connectivity index (χ0v) is 14.6. The number of benzene rings is 1. The van der Waals surface area contributed by atoms with Gasteiger partial charge in [0, 0.05) is 35.3 Å². The van der Waals surface area contributed by atoms with Gasteiger partial charge in [-0.05, 0) is 31.1 Å². The van der Waals surface area contributed by atoms with Crippen LogP contribution in [0.25, 0.3) is 16.5 Å². The van der Waals surface area contributed by atoms with E-state index in [-0.39, 0.29) is 45.7 Å². The maximum absolute atomic E-state index is 15.0. The lowest BCUT2D eigenvalue weighted by Gasteiger charge is -2.27. The Balaban J connectivity index is 2.30. The van der Waals surface area contributed by atoms with Gasteiger partial charge in [0.1, 0.15) is 5.82 Å². The summed E-state index contributed by atoms with van der Waals surface area (Å²) in [4.78, 5) is 27.8. The van der Waals surface area contributed by atoms with Gasteiger partial charge in [-0.2, -0.15) is 0 Å². The third kappa shape index (κ3) is 3.11. The number of hydrogen-bond donors (Lipinski definition) is 2. The third-order valence-corrected chi connectivity index (χ3v) is 4.71. The lowest BCUT2D eigenvalue weighted by molar-refractivity contribution is -0.125. The van der Waals surface area contributed by atoms with Crippen molar-refractivity contribution in [3.8, 4) is 0 Å². The molecule has 0 saturated heterocycles. The number of nitrogens with zero attached hydrogens (tertiary/aromatic N) is 1. The summed E-state index contributed by atoms with van der Waals surface area (Å²) in [7, 11) is 0. The van der Waals surface area contributed by atoms with E-state index in [2.05, 4.69) is 11.6 Å². The minimum absolute atomic E-state index is 0.0452. The topological polar surface area (TPSA) is 79.2 Å². The van der Waals surface area contributed by atoms with Crippen molar-refractivity contribution < 1.29 is 22.8 Å². The standard InChI is InChI=1S/C19H18F3N3O2/c1-3-13(26)25-6-4-5-10(8-25)15-12(20)7-11(19(23)27)17-16(15)14(18(21)22)9(2)24-17/h3,5,7,18,24H,1,4,6,8H2,2H3,(H2,23,27). The van der Waals surface area contributed by atoms with E-state index in [1.807, 2.05) is 0 Å². The van der Waals surface area contributed by atoms with Gasteiger partial charge in [-0.15, -0.1) is 0 Å². The first-order valence-electron chi connectivity index (χ1n) is 8.29. The van der Waals surface area contributed by atoms with E-state index in [0.717, 1.165) is 12.1 Å². The van der Waals surface area contributed by atoms with Crippen molar-refractivity contribution in [2.45, 2.75) is 19.8 Å². The second kappa shape index (κ2) is 6.94. The molecule has 0 bridgehead atoms. The number of aryl methyl sites for hydroxylation is 1. The van der Waals surface area contributed by atoms with Crippen molar-refractivity contribution in [1.29, 1.82) is 0 Å². The number of hydrogen-bond acceptors (Lipinski definition) is 2. The lowest BCUT2D eigenvalue weighted by atomic mass is 9.93. The second-order valence-electron chi connectivity index (χ2n) is 6.34. The Kier molecular flexibility index (Phi) is 4.82. The molecule has 0 spiro atoms. The molecule has 1 aliphatic heterocycles. The Morgan fingerprint density at radius 3 is 2.70 bits per heavy atom. The number of H-pyrrole nitrogens is 1. The van der Waals surface area contributed by atoms with E-state index >= 15 is 0 Å². The molecule has 142 valence electrons. The second-order valence-corrected chi connectivity index (χ2v) is 6.34. The maximum Gasteiger partial charge on any atom is 0.266 e. The molecule has 3 rings (SSSR count). The Morgan fingerprint density at radius 1 is 1.41 bits per heavy atom. The number of aromatic amines is 1. The number of primary amides is 1. The molecule has 0 fully saturated rings. The summed E-state index contributed by atoms with van der Waals surface area (Å²) in [6, 6.07) is 0.945. The number of nitrogens with one attached hydrogen (secondary N) is 1. The first-order valence-corrected chi connectivity index (χ1v) is 8.29. The zero-order valence-electron chi connectivity index (χ0n) is 14.6. The highest BCUT2D eigenvalue weighted by molar-refractivity contribution is 6.09. The van der Waals surface area contributed by atoms with E-state index in [1.165, 1.54) is 11.8 Å².